The van der Waals surface area contributed by atoms with Gasteiger partial charge in [-0.25, -0.2) is 9.67 Å². The van der Waals surface area contributed by atoms with Crippen LogP contribution < -0.4 is 0 Å². The molecule has 4 aromatic rings. The van der Waals surface area contributed by atoms with E-state index in [2.05, 4.69) is 20.4 Å². The smallest absolute Gasteiger partial charge is 0.133 e. The summed E-state index contributed by atoms with van der Waals surface area (Å²) in [7, 11) is 3.58. The molecule has 1 atom stereocenters. The van der Waals surface area contributed by atoms with Crippen LogP contribution in [0.3, 0.4) is 0 Å². The molecule has 0 spiro atoms. The Kier molecular flexibility index (Phi) is 3.81. The zero-order valence-electron chi connectivity index (χ0n) is 14.4. The maximum absolute atomic E-state index is 5.38. The van der Waals surface area contributed by atoms with Crippen LogP contribution in [0.5, 0.6) is 0 Å². The van der Waals surface area contributed by atoms with Crippen LogP contribution in [0.2, 0.25) is 0 Å². The fraction of sp³-hybridized carbons (Fsp3) is 0.294. The zero-order chi connectivity index (χ0) is 17.4. The molecule has 0 amide bonds. The molecule has 8 nitrogen and oxygen atoms in total. The predicted octanol–water partition coefficient (Wildman–Crippen LogP) is 1.87. The van der Waals surface area contributed by atoms with Gasteiger partial charge in [-0.15, -0.1) is 5.10 Å². The highest BCUT2D eigenvalue weighted by Gasteiger charge is 2.21. The molecule has 0 N–H and O–H groups in total. The topological polar surface area (TPSA) is 75.1 Å². The lowest BCUT2D eigenvalue weighted by molar-refractivity contribution is 0.160. The van der Waals surface area contributed by atoms with Crippen molar-refractivity contribution in [2.75, 3.05) is 13.7 Å². The number of hydrogen-bond donors (Lipinski definition) is 0. The Morgan fingerprint density at radius 2 is 2.12 bits per heavy atom. The van der Waals surface area contributed by atoms with Gasteiger partial charge in [-0.1, -0.05) is 11.3 Å². The maximum atomic E-state index is 5.38. The molecule has 0 aromatic carbocycles. The number of hydrogen-bond acceptors (Lipinski definition) is 5. The van der Waals surface area contributed by atoms with Crippen LogP contribution in [0.15, 0.2) is 42.9 Å². The molecule has 0 aliphatic heterocycles. The fourth-order valence-electron chi connectivity index (χ4n) is 3.08. The second-order valence-electron chi connectivity index (χ2n) is 5.90. The van der Waals surface area contributed by atoms with E-state index in [1.54, 1.807) is 18.0 Å². The highest BCUT2D eigenvalue weighted by atomic mass is 16.5. The van der Waals surface area contributed by atoms with Crippen molar-refractivity contribution in [3.05, 3.63) is 54.4 Å². The third kappa shape index (κ3) is 2.60. The monoisotopic (exact) mass is 337 g/mol. The minimum absolute atomic E-state index is 0.103. The third-order valence-corrected chi connectivity index (χ3v) is 4.32. The Labute approximate surface area is 144 Å². The van der Waals surface area contributed by atoms with Crippen molar-refractivity contribution in [3.63, 3.8) is 0 Å². The average molecular weight is 337 g/mol. The largest absolute Gasteiger partial charge is 0.382 e. The second kappa shape index (κ2) is 6.14. The van der Waals surface area contributed by atoms with Gasteiger partial charge in [0.25, 0.3) is 0 Å². The van der Waals surface area contributed by atoms with Crippen molar-refractivity contribution in [2.45, 2.75) is 13.0 Å². The Hall–Kier alpha value is -3.00. The summed E-state index contributed by atoms with van der Waals surface area (Å²) in [5.41, 5.74) is 3.57. The predicted molar refractivity (Wildman–Crippen MR) is 92.2 cm³/mol. The molecule has 0 fully saturated rings. The van der Waals surface area contributed by atoms with E-state index in [9.17, 15) is 0 Å². The summed E-state index contributed by atoms with van der Waals surface area (Å²) in [5.74, 6) is 0.917. The van der Waals surface area contributed by atoms with E-state index in [0.717, 1.165) is 28.4 Å². The molecule has 0 aliphatic rings. The highest BCUT2D eigenvalue weighted by molar-refractivity contribution is 5.74. The van der Waals surface area contributed by atoms with E-state index in [-0.39, 0.29) is 6.04 Å². The standard InChI is InChI=1S/C17H19N7O/c1-12-19-17(15-6-4-5-9-23(12)15)13-10-24(21-20-13)16(11-25-3)14-7-8-18-22(14)2/h4-10,16H,11H2,1-3H3. The van der Waals surface area contributed by atoms with Crippen molar-refractivity contribution in [3.8, 4) is 11.4 Å². The van der Waals surface area contributed by atoms with Crippen LogP contribution in [0, 0.1) is 6.92 Å². The number of aromatic nitrogens is 7. The number of methoxy groups -OCH3 is 1. The number of pyridine rings is 1. The van der Waals surface area contributed by atoms with Crippen molar-refractivity contribution in [1.82, 2.24) is 34.2 Å². The van der Waals surface area contributed by atoms with Crippen LogP contribution in [0.25, 0.3) is 16.9 Å². The molecule has 4 aromatic heterocycles. The van der Waals surface area contributed by atoms with Crippen molar-refractivity contribution in [1.29, 1.82) is 0 Å². The summed E-state index contributed by atoms with van der Waals surface area (Å²) in [6.45, 7) is 2.45. The zero-order valence-corrected chi connectivity index (χ0v) is 14.4. The van der Waals surface area contributed by atoms with Crippen molar-refractivity contribution in [2.24, 2.45) is 7.05 Å². The van der Waals surface area contributed by atoms with Gasteiger partial charge in [-0.05, 0) is 25.1 Å². The summed E-state index contributed by atoms with van der Waals surface area (Å²) < 4.78 is 11.0. The van der Waals surface area contributed by atoms with E-state index in [1.807, 2.05) is 59.7 Å². The first-order chi connectivity index (χ1) is 12.2. The van der Waals surface area contributed by atoms with Crippen molar-refractivity contribution < 1.29 is 4.74 Å². The molecule has 4 rings (SSSR count). The normalized spacial score (nSPS) is 12.8. The second-order valence-corrected chi connectivity index (χ2v) is 5.90. The third-order valence-electron chi connectivity index (χ3n) is 4.32. The van der Waals surface area contributed by atoms with E-state index < -0.39 is 0 Å². The Morgan fingerprint density at radius 3 is 2.88 bits per heavy atom. The molecule has 128 valence electrons. The number of ether oxygens (including phenoxy) is 1. The summed E-state index contributed by atoms with van der Waals surface area (Å²) >= 11 is 0. The number of fused-ring (bicyclic) bond motifs is 1. The lowest BCUT2D eigenvalue weighted by atomic mass is 10.2. The molecule has 8 heteroatoms. The van der Waals surface area contributed by atoms with Crippen LogP contribution in [-0.2, 0) is 11.8 Å². The maximum Gasteiger partial charge on any atom is 0.133 e. The van der Waals surface area contributed by atoms with Crippen LogP contribution in [0.1, 0.15) is 17.6 Å². The molecule has 25 heavy (non-hydrogen) atoms. The van der Waals surface area contributed by atoms with Crippen LogP contribution in [0.4, 0.5) is 0 Å². The summed E-state index contributed by atoms with van der Waals surface area (Å²) in [6.07, 6.45) is 5.67. The molecular formula is C17H19N7O. The first-order valence-corrected chi connectivity index (χ1v) is 8.01. The molecule has 4 heterocycles. The highest BCUT2D eigenvalue weighted by Crippen LogP contribution is 2.25. The number of aryl methyl sites for hydroxylation is 2. The van der Waals surface area contributed by atoms with Gasteiger partial charge in [-0.2, -0.15) is 5.10 Å². The molecular weight excluding hydrogens is 318 g/mol. The minimum Gasteiger partial charge on any atom is -0.382 e. The summed E-state index contributed by atoms with van der Waals surface area (Å²) in [4.78, 5) is 4.66. The molecule has 0 bridgehead atoms. The Balaban J connectivity index is 1.77. The number of rotatable bonds is 5. The van der Waals surface area contributed by atoms with E-state index in [4.69, 9.17) is 4.74 Å². The summed E-state index contributed by atoms with van der Waals surface area (Å²) in [5, 5.41) is 12.9. The minimum atomic E-state index is -0.103. The molecule has 0 saturated heterocycles. The molecule has 0 aliphatic carbocycles. The van der Waals surface area contributed by atoms with Gasteiger partial charge in [0, 0.05) is 26.6 Å². The first-order valence-electron chi connectivity index (χ1n) is 8.01. The van der Waals surface area contributed by atoms with Gasteiger partial charge in [0.1, 0.15) is 23.3 Å². The van der Waals surface area contributed by atoms with Gasteiger partial charge < -0.3 is 9.14 Å². The number of imidazole rings is 1. The van der Waals surface area contributed by atoms with Crippen molar-refractivity contribution >= 4 is 5.52 Å². The van der Waals surface area contributed by atoms with Gasteiger partial charge in [0.2, 0.25) is 0 Å². The quantitative estimate of drug-likeness (QED) is 0.556. The number of nitrogens with zero attached hydrogens (tertiary/aromatic N) is 7. The van der Waals surface area contributed by atoms with Crippen LogP contribution in [-0.4, -0.2) is 47.9 Å². The van der Waals surface area contributed by atoms with E-state index >= 15 is 0 Å². The molecule has 0 saturated carbocycles. The first kappa shape index (κ1) is 15.5. The molecule has 0 radical (unpaired) electrons. The van der Waals surface area contributed by atoms with Gasteiger partial charge in [0.05, 0.1) is 24.0 Å². The Bertz CT molecular complexity index is 1010. The molecule has 1 unspecified atom stereocenters. The fourth-order valence-corrected chi connectivity index (χ4v) is 3.08. The average Bonchev–Trinajstić information content (AvgIpc) is 3.33. The lowest BCUT2D eigenvalue weighted by Crippen LogP contribution is -2.19. The lowest BCUT2D eigenvalue weighted by Gasteiger charge is -2.16. The Morgan fingerprint density at radius 1 is 1.24 bits per heavy atom. The van der Waals surface area contributed by atoms with Crippen LogP contribution >= 0.6 is 0 Å². The van der Waals surface area contributed by atoms with Gasteiger partial charge >= 0.3 is 0 Å². The SMILES string of the molecule is COCC(c1ccnn1C)n1cc(-c2nc(C)n3ccccc23)nn1. The van der Waals surface area contributed by atoms with E-state index in [0.29, 0.717) is 6.61 Å². The van der Waals surface area contributed by atoms with E-state index in [1.165, 1.54) is 0 Å². The van der Waals surface area contributed by atoms with Gasteiger partial charge in [0.15, 0.2) is 0 Å². The summed E-state index contributed by atoms with van der Waals surface area (Å²) in [6, 6.07) is 7.87. The van der Waals surface area contributed by atoms with Gasteiger partial charge in [-0.3, -0.25) is 4.68 Å².